The maximum absolute atomic E-state index is 11.6. The Morgan fingerprint density at radius 3 is 2.71 bits per heavy atom. The van der Waals surface area contributed by atoms with E-state index in [9.17, 15) is 4.79 Å². The molecule has 0 spiro atoms. The van der Waals surface area contributed by atoms with Gasteiger partial charge in [0.05, 0.1) is 11.4 Å². The van der Waals surface area contributed by atoms with E-state index in [1.807, 2.05) is 0 Å². The third-order valence-corrected chi connectivity index (χ3v) is 3.05. The molecule has 0 saturated carbocycles. The minimum atomic E-state index is -0.199. The van der Waals surface area contributed by atoms with Crippen LogP contribution in [0.2, 0.25) is 0 Å². The molecule has 0 aliphatic rings. The molecule has 1 unspecified atom stereocenters. The van der Waals surface area contributed by atoms with Crippen molar-refractivity contribution in [3.8, 4) is 0 Å². The Morgan fingerprint density at radius 1 is 1.57 bits per heavy atom. The van der Waals surface area contributed by atoms with E-state index in [2.05, 4.69) is 31.9 Å². The molecule has 0 aliphatic heterocycles. The lowest BCUT2D eigenvalue weighted by Crippen LogP contribution is -2.10. The van der Waals surface area contributed by atoms with Crippen molar-refractivity contribution in [2.75, 3.05) is 0 Å². The summed E-state index contributed by atoms with van der Waals surface area (Å²) in [6.07, 6.45) is 0. The fraction of sp³-hybridized carbons (Fsp3) is 0.300. The Bertz CT molecular complexity index is 348. The molecule has 0 amide bonds. The number of benzene rings is 1. The van der Waals surface area contributed by atoms with Crippen LogP contribution in [-0.2, 0) is 6.61 Å². The quantitative estimate of drug-likeness (QED) is 0.686. The van der Waals surface area contributed by atoms with Gasteiger partial charge in [0, 0.05) is 10.0 Å². The minimum absolute atomic E-state index is 0.0206. The van der Waals surface area contributed by atoms with Gasteiger partial charge in [0.2, 0.25) is 0 Å². The molecule has 1 atom stereocenters. The average Bonchev–Trinajstić information content (AvgIpc) is 2.17. The Morgan fingerprint density at radius 2 is 2.21 bits per heavy atom. The van der Waals surface area contributed by atoms with Gasteiger partial charge in [-0.2, -0.15) is 0 Å². The molecule has 0 radical (unpaired) electrons. The van der Waals surface area contributed by atoms with E-state index in [0.717, 1.165) is 10.0 Å². The fourth-order valence-electron chi connectivity index (χ4n) is 1.08. The van der Waals surface area contributed by atoms with Gasteiger partial charge in [-0.15, -0.1) is 0 Å². The maximum atomic E-state index is 11.6. The molecule has 0 aliphatic carbocycles. The van der Waals surface area contributed by atoms with Gasteiger partial charge in [-0.05, 0) is 24.6 Å². The van der Waals surface area contributed by atoms with Crippen LogP contribution in [0, 0.1) is 0 Å². The zero-order valence-electron chi connectivity index (χ0n) is 7.63. The van der Waals surface area contributed by atoms with Gasteiger partial charge in [-0.1, -0.05) is 37.9 Å². The topological polar surface area (TPSA) is 37.3 Å². The van der Waals surface area contributed by atoms with Crippen molar-refractivity contribution >= 4 is 37.6 Å². The smallest absolute Gasteiger partial charge is 0.176 e. The highest BCUT2D eigenvalue weighted by molar-refractivity contribution is 9.10. The number of halogens is 2. The lowest BCUT2D eigenvalue weighted by Gasteiger charge is -2.06. The summed E-state index contributed by atoms with van der Waals surface area (Å²) in [6, 6.07) is 5.21. The van der Waals surface area contributed by atoms with Gasteiger partial charge in [-0.25, -0.2) is 0 Å². The molecule has 0 bridgehead atoms. The molecular formula is C10H10Br2O2. The number of hydrogen-bond acceptors (Lipinski definition) is 2. The normalized spacial score (nSPS) is 12.6. The SMILES string of the molecule is CC(Br)C(=O)c1ccc(Br)c(CO)c1. The first kappa shape index (κ1) is 11.9. The highest BCUT2D eigenvalue weighted by Gasteiger charge is 2.12. The van der Waals surface area contributed by atoms with Crippen molar-refractivity contribution in [2.45, 2.75) is 18.4 Å². The number of carbonyl (C=O) groups excluding carboxylic acids is 1. The van der Waals surface area contributed by atoms with Gasteiger partial charge in [0.1, 0.15) is 0 Å². The molecule has 2 nitrogen and oxygen atoms in total. The molecule has 14 heavy (non-hydrogen) atoms. The predicted molar refractivity (Wildman–Crippen MR) is 62.8 cm³/mol. The minimum Gasteiger partial charge on any atom is -0.392 e. The van der Waals surface area contributed by atoms with E-state index >= 15 is 0 Å². The molecule has 4 heteroatoms. The van der Waals surface area contributed by atoms with Crippen LogP contribution < -0.4 is 0 Å². The number of ketones is 1. The zero-order valence-corrected chi connectivity index (χ0v) is 10.8. The number of Topliss-reactive ketones (excluding diaryl/α,β-unsaturated/α-hetero) is 1. The van der Waals surface area contributed by atoms with Crippen LogP contribution in [0.3, 0.4) is 0 Å². The molecule has 0 fully saturated rings. The molecule has 1 aromatic carbocycles. The van der Waals surface area contributed by atoms with Crippen molar-refractivity contribution in [1.29, 1.82) is 0 Å². The van der Waals surface area contributed by atoms with E-state index in [0.29, 0.717) is 5.56 Å². The molecule has 76 valence electrons. The Kier molecular flexibility index (Phi) is 4.29. The van der Waals surface area contributed by atoms with Crippen LogP contribution in [0.1, 0.15) is 22.8 Å². The highest BCUT2D eigenvalue weighted by atomic mass is 79.9. The first-order chi connectivity index (χ1) is 6.56. The second-order valence-corrected chi connectivity index (χ2v) is 5.17. The van der Waals surface area contributed by atoms with Gasteiger partial charge in [0.25, 0.3) is 0 Å². The third kappa shape index (κ3) is 2.65. The van der Waals surface area contributed by atoms with Gasteiger partial charge in [-0.3, -0.25) is 4.79 Å². The highest BCUT2D eigenvalue weighted by Crippen LogP contribution is 2.20. The summed E-state index contributed by atoms with van der Waals surface area (Å²) in [5.74, 6) is 0.0206. The fourth-order valence-corrected chi connectivity index (χ4v) is 1.72. The van der Waals surface area contributed by atoms with Crippen LogP contribution in [-0.4, -0.2) is 15.7 Å². The molecule has 0 heterocycles. The third-order valence-electron chi connectivity index (χ3n) is 1.86. The van der Waals surface area contributed by atoms with E-state index in [-0.39, 0.29) is 17.2 Å². The van der Waals surface area contributed by atoms with Gasteiger partial charge >= 0.3 is 0 Å². The molecule has 1 aromatic rings. The number of carbonyl (C=O) groups is 1. The van der Waals surface area contributed by atoms with Crippen LogP contribution in [0.5, 0.6) is 0 Å². The predicted octanol–water partition coefficient (Wildman–Crippen LogP) is 2.91. The van der Waals surface area contributed by atoms with Crippen molar-refractivity contribution < 1.29 is 9.90 Å². The van der Waals surface area contributed by atoms with Crippen LogP contribution in [0.4, 0.5) is 0 Å². The second kappa shape index (κ2) is 5.05. The largest absolute Gasteiger partial charge is 0.392 e. The number of rotatable bonds is 3. The lowest BCUT2D eigenvalue weighted by atomic mass is 10.1. The summed E-state index contributed by atoms with van der Waals surface area (Å²) in [6.45, 7) is 1.71. The second-order valence-electron chi connectivity index (χ2n) is 2.94. The summed E-state index contributed by atoms with van der Waals surface area (Å²) in [5, 5.41) is 9.01. The first-order valence-corrected chi connectivity index (χ1v) is 5.84. The van der Waals surface area contributed by atoms with Crippen molar-refractivity contribution in [2.24, 2.45) is 0 Å². The van der Waals surface area contributed by atoms with E-state index in [1.165, 1.54) is 0 Å². The molecule has 0 saturated heterocycles. The molecule has 1 N–H and O–H groups in total. The number of aliphatic hydroxyl groups excluding tert-OH is 1. The molecule has 0 aromatic heterocycles. The van der Waals surface area contributed by atoms with Crippen molar-refractivity contribution in [1.82, 2.24) is 0 Å². The number of hydrogen-bond donors (Lipinski definition) is 1. The maximum Gasteiger partial charge on any atom is 0.176 e. The zero-order chi connectivity index (χ0) is 10.7. The first-order valence-electron chi connectivity index (χ1n) is 4.14. The Balaban J connectivity index is 3.06. The van der Waals surface area contributed by atoms with Crippen LogP contribution >= 0.6 is 31.9 Å². The van der Waals surface area contributed by atoms with Gasteiger partial charge < -0.3 is 5.11 Å². The van der Waals surface area contributed by atoms with Crippen LogP contribution in [0.25, 0.3) is 0 Å². The van der Waals surface area contributed by atoms with Crippen LogP contribution in [0.15, 0.2) is 22.7 Å². The summed E-state index contributed by atoms with van der Waals surface area (Å²) in [5.41, 5.74) is 1.34. The average molecular weight is 322 g/mol. The number of aliphatic hydroxyl groups is 1. The van der Waals surface area contributed by atoms with E-state index < -0.39 is 0 Å². The van der Waals surface area contributed by atoms with E-state index in [4.69, 9.17) is 5.11 Å². The Labute approximate surface area is 99.6 Å². The number of alkyl halides is 1. The summed E-state index contributed by atoms with van der Waals surface area (Å²) >= 11 is 6.51. The van der Waals surface area contributed by atoms with Crippen molar-refractivity contribution in [3.05, 3.63) is 33.8 Å². The van der Waals surface area contributed by atoms with Crippen molar-refractivity contribution in [3.63, 3.8) is 0 Å². The monoisotopic (exact) mass is 320 g/mol. The molecular weight excluding hydrogens is 312 g/mol. The summed E-state index contributed by atoms with van der Waals surface area (Å²) in [4.78, 5) is 11.4. The van der Waals surface area contributed by atoms with E-state index in [1.54, 1.807) is 25.1 Å². The standard InChI is InChI=1S/C10H10Br2O2/c1-6(11)10(14)7-2-3-9(12)8(4-7)5-13/h2-4,6,13H,5H2,1H3. The lowest BCUT2D eigenvalue weighted by molar-refractivity contribution is 0.0995. The molecule has 1 rings (SSSR count). The van der Waals surface area contributed by atoms with Gasteiger partial charge in [0.15, 0.2) is 5.78 Å². The summed E-state index contributed by atoms with van der Waals surface area (Å²) < 4.78 is 0.818. The summed E-state index contributed by atoms with van der Waals surface area (Å²) in [7, 11) is 0. The Hall–Kier alpha value is -0.190.